The number of hydrogen-bond acceptors (Lipinski definition) is 7. The maximum atomic E-state index is 14.0. The Bertz CT molecular complexity index is 1330. The van der Waals surface area contributed by atoms with Crippen LogP contribution in [0.15, 0.2) is 30.6 Å². The Balaban J connectivity index is 1.64. The lowest BCUT2D eigenvalue weighted by atomic mass is 10.1. The highest BCUT2D eigenvalue weighted by atomic mass is 35.5. The fraction of sp³-hybridized carbons (Fsp3) is 0.364. The van der Waals surface area contributed by atoms with Crippen LogP contribution in [0.3, 0.4) is 0 Å². The molecule has 3 aromatic heterocycles. The standard InChI is InChI=1S/C22H22ClF2N7O2/c1-31-20(26-11-27-31)12-6-5-7-13(18(12)33-2)28-14-10-15(23)29-21-17(14)30-22(19(24)25)32(21)16-8-3-4-9-34-16/h5-7,10-11,16,19H,3-4,8-9H2,1-2H3,(H,28,29). The number of benzene rings is 1. The molecule has 0 saturated carbocycles. The van der Waals surface area contributed by atoms with Gasteiger partial charge < -0.3 is 14.8 Å². The first-order valence-electron chi connectivity index (χ1n) is 10.7. The van der Waals surface area contributed by atoms with E-state index in [-0.39, 0.29) is 16.3 Å². The zero-order valence-corrected chi connectivity index (χ0v) is 19.3. The van der Waals surface area contributed by atoms with Gasteiger partial charge in [-0.25, -0.2) is 28.4 Å². The lowest BCUT2D eigenvalue weighted by Gasteiger charge is -2.25. The van der Waals surface area contributed by atoms with E-state index < -0.39 is 18.5 Å². The zero-order chi connectivity index (χ0) is 23.8. The molecule has 1 aliphatic heterocycles. The second-order valence-electron chi connectivity index (χ2n) is 7.85. The number of aryl methyl sites for hydroxylation is 1. The second kappa shape index (κ2) is 9.15. The van der Waals surface area contributed by atoms with Gasteiger partial charge in [-0.05, 0) is 31.4 Å². The van der Waals surface area contributed by atoms with Crippen molar-refractivity contribution in [1.82, 2.24) is 29.3 Å². The highest BCUT2D eigenvalue weighted by molar-refractivity contribution is 6.30. The number of rotatable bonds is 6. The largest absolute Gasteiger partial charge is 0.494 e. The summed E-state index contributed by atoms with van der Waals surface area (Å²) in [4.78, 5) is 12.9. The van der Waals surface area contributed by atoms with E-state index in [0.29, 0.717) is 41.5 Å². The average Bonchev–Trinajstić information content (AvgIpc) is 3.43. The Hall–Kier alpha value is -3.31. The second-order valence-corrected chi connectivity index (χ2v) is 8.23. The number of nitrogens with one attached hydrogen (secondary N) is 1. The first kappa shape index (κ1) is 22.5. The summed E-state index contributed by atoms with van der Waals surface area (Å²) in [5, 5.41) is 7.49. The molecule has 0 spiro atoms. The quantitative estimate of drug-likeness (QED) is 0.369. The van der Waals surface area contributed by atoms with E-state index >= 15 is 0 Å². The maximum Gasteiger partial charge on any atom is 0.295 e. The summed E-state index contributed by atoms with van der Waals surface area (Å²) in [6.07, 6.45) is 0.416. The molecular formula is C22H22ClF2N7O2. The number of imidazole rings is 1. The highest BCUT2D eigenvalue weighted by Crippen LogP contribution is 2.40. The molecule has 0 amide bonds. The van der Waals surface area contributed by atoms with Crippen LogP contribution in [0, 0.1) is 0 Å². The number of hydrogen-bond donors (Lipinski definition) is 1. The fourth-order valence-corrected chi connectivity index (χ4v) is 4.42. The van der Waals surface area contributed by atoms with Crippen LogP contribution in [-0.2, 0) is 11.8 Å². The van der Waals surface area contributed by atoms with Crippen LogP contribution >= 0.6 is 11.6 Å². The van der Waals surface area contributed by atoms with Crippen LogP contribution in [0.25, 0.3) is 22.6 Å². The molecule has 1 saturated heterocycles. The van der Waals surface area contributed by atoms with Crippen LogP contribution in [0.2, 0.25) is 5.15 Å². The van der Waals surface area contributed by atoms with E-state index in [2.05, 4.69) is 25.4 Å². The Kier molecular flexibility index (Phi) is 6.05. The summed E-state index contributed by atoms with van der Waals surface area (Å²) in [6, 6.07) is 7.03. The molecular weight excluding hydrogens is 468 g/mol. The molecule has 1 N–H and O–H groups in total. The van der Waals surface area contributed by atoms with Crippen molar-refractivity contribution >= 4 is 34.1 Å². The van der Waals surface area contributed by atoms with Crippen molar-refractivity contribution in [2.24, 2.45) is 7.05 Å². The topological polar surface area (TPSA) is 91.9 Å². The molecule has 1 atom stereocenters. The van der Waals surface area contributed by atoms with E-state index in [0.717, 1.165) is 12.8 Å². The summed E-state index contributed by atoms with van der Waals surface area (Å²) in [5.41, 5.74) is 2.20. The third kappa shape index (κ3) is 3.94. The van der Waals surface area contributed by atoms with Crippen LogP contribution < -0.4 is 10.1 Å². The smallest absolute Gasteiger partial charge is 0.295 e. The normalized spacial score (nSPS) is 16.4. The molecule has 4 heterocycles. The average molecular weight is 490 g/mol. The van der Waals surface area contributed by atoms with Gasteiger partial charge in [0.2, 0.25) is 0 Å². The van der Waals surface area contributed by atoms with Crippen LogP contribution in [0.1, 0.15) is 37.7 Å². The molecule has 1 aromatic carbocycles. The van der Waals surface area contributed by atoms with Crippen molar-refractivity contribution < 1.29 is 18.3 Å². The molecule has 5 rings (SSSR count). The first-order chi connectivity index (χ1) is 16.5. The summed E-state index contributed by atoms with van der Waals surface area (Å²) in [7, 11) is 3.32. The number of nitrogens with zero attached hydrogens (tertiary/aromatic N) is 6. The summed E-state index contributed by atoms with van der Waals surface area (Å²) < 4.78 is 42.4. The highest BCUT2D eigenvalue weighted by Gasteiger charge is 2.29. The summed E-state index contributed by atoms with van der Waals surface area (Å²) in [6.45, 7) is 0.491. The van der Waals surface area contributed by atoms with Gasteiger partial charge in [-0.1, -0.05) is 17.7 Å². The van der Waals surface area contributed by atoms with Crippen LogP contribution in [0.4, 0.5) is 20.2 Å². The van der Waals surface area contributed by atoms with E-state index in [9.17, 15) is 8.78 Å². The SMILES string of the molecule is COc1c(Nc2cc(Cl)nc3c2nc(C(F)F)n3C2CCCCO2)cccc1-c1ncnn1C. The van der Waals surface area contributed by atoms with Gasteiger partial charge in [0.1, 0.15) is 23.2 Å². The van der Waals surface area contributed by atoms with Crippen LogP contribution in [-0.4, -0.2) is 43.0 Å². The van der Waals surface area contributed by atoms with Gasteiger partial charge in [-0.3, -0.25) is 4.57 Å². The van der Waals surface area contributed by atoms with Gasteiger partial charge in [-0.15, -0.1) is 0 Å². The lowest BCUT2D eigenvalue weighted by Crippen LogP contribution is -2.20. The minimum absolute atomic E-state index is 0.135. The predicted octanol–water partition coefficient (Wildman–Crippen LogP) is 5.27. The van der Waals surface area contributed by atoms with E-state index in [1.807, 2.05) is 12.1 Å². The number of methoxy groups -OCH3 is 1. The van der Waals surface area contributed by atoms with Gasteiger partial charge in [0.15, 0.2) is 23.0 Å². The molecule has 1 unspecified atom stereocenters. The Morgan fingerprint density at radius 3 is 2.76 bits per heavy atom. The number of ether oxygens (including phenoxy) is 2. The van der Waals surface area contributed by atoms with Gasteiger partial charge in [0, 0.05) is 19.7 Å². The summed E-state index contributed by atoms with van der Waals surface area (Å²) in [5.74, 6) is 0.709. The summed E-state index contributed by atoms with van der Waals surface area (Å²) >= 11 is 6.32. The molecule has 0 radical (unpaired) electrons. The Labute approximate surface area is 198 Å². The molecule has 0 bridgehead atoms. The molecule has 1 fully saturated rings. The molecule has 12 heteroatoms. The number of alkyl halides is 2. The van der Waals surface area contributed by atoms with Crippen molar-refractivity contribution in [3.8, 4) is 17.1 Å². The van der Waals surface area contributed by atoms with Crippen molar-refractivity contribution in [3.63, 3.8) is 0 Å². The minimum Gasteiger partial charge on any atom is -0.494 e. The molecule has 0 aliphatic carbocycles. The molecule has 4 aromatic rings. The minimum atomic E-state index is -2.81. The Morgan fingerprint density at radius 1 is 1.24 bits per heavy atom. The molecule has 34 heavy (non-hydrogen) atoms. The third-order valence-corrected chi connectivity index (χ3v) is 5.92. The van der Waals surface area contributed by atoms with Crippen molar-refractivity contribution in [1.29, 1.82) is 0 Å². The zero-order valence-electron chi connectivity index (χ0n) is 18.5. The van der Waals surface area contributed by atoms with E-state index in [1.165, 1.54) is 10.9 Å². The van der Waals surface area contributed by atoms with Gasteiger partial charge in [-0.2, -0.15) is 5.10 Å². The Morgan fingerprint density at radius 2 is 2.09 bits per heavy atom. The predicted molar refractivity (Wildman–Crippen MR) is 123 cm³/mol. The van der Waals surface area contributed by atoms with Crippen molar-refractivity contribution in [2.75, 3.05) is 19.0 Å². The molecule has 178 valence electrons. The lowest BCUT2D eigenvalue weighted by molar-refractivity contribution is -0.0363. The number of aromatic nitrogens is 6. The van der Waals surface area contributed by atoms with Gasteiger partial charge in [0.25, 0.3) is 6.43 Å². The number of para-hydroxylation sites is 1. The number of halogens is 3. The van der Waals surface area contributed by atoms with E-state index in [4.69, 9.17) is 21.1 Å². The number of anilines is 2. The molecule has 1 aliphatic rings. The van der Waals surface area contributed by atoms with Crippen molar-refractivity contribution in [3.05, 3.63) is 41.6 Å². The fourth-order valence-electron chi connectivity index (χ4n) is 4.23. The number of pyridine rings is 1. The van der Waals surface area contributed by atoms with E-state index in [1.54, 1.807) is 31.0 Å². The molecule has 9 nitrogen and oxygen atoms in total. The van der Waals surface area contributed by atoms with Crippen LogP contribution in [0.5, 0.6) is 5.75 Å². The first-order valence-corrected chi connectivity index (χ1v) is 11.1. The third-order valence-electron chi connectivity index (χ3n) is 5.72. The van der Waals surface area contributed by atoms with Crippen molar-refractivity contribution in [2.45, 2.75) is 31.9 Å². The van der Waals surface area contributed by atoms with Gasteiger partial charge >= 0.3 is 0 Å². The van der Waals surface area contributed by atoms with Gasteiger partial charge in [0.05, 0.1) is 24.0 Å². The maximum absolute atomic E-state index is 14.0. The number of fused-ring (bicyclic) bond motifs is 1. The monoisotopic (exact) mass is 489 g/mol.